The van der Waals surface area contributed by atoms with E-state index < -0.39 is 0 Å². The Bertz CT molecular complexity index is 520. The number of rotatable bonds is 1. The highest BCUT2D eigenvalue weighted by molar-refractivity contribution is 5.89. The van der Waals surface area contributed by atoms with E-state index in [0.29, 0.717) is 5.75 Å². The first-order chi connectivity index (χ1) is 7.16. The summed E-state index contributed by atoms with van der Waals surface area (Å²) in [6, 6.07) is 7.48. The van der Waals surface area contributed by atoms with Crippen LogP contribution >= 0.6 is 0 Å². The summed E-state index contributed by atoms with van der Waals surface area (Å²) in [5.74, 6) is 0.280. The minimum absolute atomic E-state index is 0.308. The van der Waals surface area contributed by atoms with Gasteiger partial charge in [-0.2, -0.15) is 0 Å². The maximum absolute atomic E-state index is 10.9. The van der Waals surface area contributed by atoms with Crippen LogP contribution in [0, 0.1) is 6.92 Å². The van der Waals surface area contributed by atoms with Gasteiger partial charge in [0, 0.05) is 29.6 Å². The second kappa shape index (κ2) is 3.69. The van der Waals surface area contributed by atoms with Crippen LogP contribution in [0.15, 0.2) is 30.5 Å². The summed E-state index contributed by atoms with van der Waals surface area (Å²) in [6.45, 7) is 3.30. The van der Waals surface area contributed by atoms with Gasteiger partial charge in [-0.3, -0.25) is 9.78 Å². The van der Waals surface area contributed by atoms with Crippen molar-refractivity contribution in [2.75, 3.05) is 0 Å². The smallest absolute Gasteiger partial charge is 0.308 e. The summed E-state index contributed by atoms with van der Waals surface area (Å²) < 4.78 is 5.12. The summed E-state index contributed by atoms with van der Waals surface area (Å²) in [7, 11) is 0. The number of ether oxygens (including phenoxy) is 1. The van der Waals surface area contributed by atoms with E-state index in [4.69, 9.17) is 4.74 Å². The number of benzene rings is 1. The van der Waals surface area contributed by atoms with Gasteiger partial charge in [0.15, 0.2) is 0 Å². The fraction of sp³-hybridized carbons (Fsp3) is 0.167. The third kappa shape index (κ3) is 1.96. The molecule has 0 bridgehead atoms. The van der Waals surface area contributed by atoms with Crippen LogP contribution in [0.5, 0.6) is 5.75 Å². The molecule has 0 N–H and O–H groups in total. The molecule has 15 heavy (non-hydrogen) atoms. The van der Waals surface area contributed by atoms with Crippen molar-refractivity contribution in [1.82, 2.24) is 4.98 Å². The Morgan fingerprint density at radius 2 is 2.20 bits per heavy atom. The molecule has 3 heteroatoms. The van der Waals surface area contributed by atoms with Crippen molar-refractivity contribution in [2.45, 2.75) is 13.8 Å². The molecule has 2 aromatic rings. The summed E-state index contributed by atoms with van der Waals surface area (Å²) >= 11 is 0. The average molecular weight is 201 g/mol. The third-order valence-corrected chi connectivity index (χ3v) is 2.11. The SMILES string of the molecule is CC(=O)Oc1cccc2cnc(C)cc12. The molecule has 0 spiro atoms. The Morgan fingerprint density at radius 3 is 2.93 bits per heavy atom. The van der Waals surface area contributed by atoms with Gasteiger partial charge in [0.05, 0.1) is 0 Å². The normalized spacial score (nSPS) is 10.3. The predicted molar refractivity (Wildman–Crippen MR) is 57.8 cm³/mol. The zero-order valence-electron chi connectivity index (χ0n) is 8.65. The molecule has 0 saturated carbocycles. The first kappa shape index (κ1) is 9.65. The molecular weight excluding hydrogens is 190 g/mol. The topological polar surface area (TPSA) is 39.2 Å². The molecule has 0 aliphatic heterocycles. The van der Waals surface area contributed by atoms with Gasteiger partial charge in [-0.25, -0.2) is 0 Å². The van der Waals surface area contributed by atoms with Crippen LogP contribution in [0.2, 0.25) is 0 Å². The third-order valence-electron chi connectivity index (χ3n) is 2.11. The second-order valence-electron chi connectivity index (χ2n) is 3.40. The molecule has 1 aromatic carbocycles. The molecule has 0 amide bonds. The quantitative estimate of drug-likeness (QED) is 0.525. The number of pyridine rings is 1. The molecule has 76 valence electrons. The predicted octanol–water partition coefficient (Wildman–Crippen LogP) is 2.47. The number of carbonyl (C=O) groups excluding carboxylic acids is 1. The molecule has 0 unspecified atom stereocenters. The highest BCUT2D eigenvalue weighted by atomic mass is 16.5. The van der Waals surface area contributed by atoms with E-state index in [2.05, 4.69) is 4.98 Å². The highest BCUT2D eigenvalue weighted by Gasteiger charge is 2.04. The lowest BCUT2D eigenvalue weighted by Gasteiger charge is -2.05. The van der Waals surface area contributed by atoms with Crippen molar-refractivity contribution in [1.29, 1.82) is 0 Å². The van der Waals surface area contributed by atoms with Crippen molar-refractivity contribution >= 4 is 16.7 Å². The number of hydrogen-bond acceptors (Lipinski definition) is 3. The molecule has 3 nitrogen and oxygen atoms in total. The fourth-order valence-corrected chi connectivity index (χ4v) is 1.49. The molecule has 1 aromatic heterocycles. The van der Waals surface area contributed by atoms with Gasteiger partial charge in [0.1, 0.15) is 5.75 Å². The summed E-state index contributed by atoms with van der Waals surface area (Å²) in [5, 5.41) is 1.89. The number of fused-ring (bicyclic) bond motifs is 1. The molecule has 0 fully saturated rings. The largest absolute Gasteiger partial charge is 0.426 e. The number of aromatic nitrogens is 1. The summed E-state index contributed by atoms with van der Waals surface area (Å²) in [4.78, 5) is 15.1. The van der Waals surface area contributed by atoms with Crippen LogP contribution < -0.4 is 4.74 Å². The van der Waals surface area contributed by atoms with Crippen LogP contribution in [-0.2, 0) is 4.79 Å². The van der Waals surface area contributed by atoms with E-state index in [1.54, 1.807) is 12.3 Å². The number of hydrogen-bond donors (Lipinski definition) is 0. The zero-order valence-corrected chi connectivity index (χ0v) is 8.65. The van der Waals surface area contributed by atoms with E-state index >= 15 is 0 Å². The number of esters is 1. The van der Waals surface area contributed by atoms with Crippen molar-refractivity contribution in [2.24, 2.45) is 0 Å². The summed E-state index contributed by atoms with van der Waals surface area (Å²) in [6.07, 6.45) is 1.78. The van der Waals surface area contributed by atoms with Crippen molar-refractivity contribution in [3.05, 3.63) is 36.2 Å². The van der Waals surface area contributed by atoms with Gasteiger partial charge in [-0.15, -0.1) is 0 Å². The Labute approximate surface area is 87.7 Å². The maximum Gasteiger partial charge on any atom is 0.308 e. The van der Waals surface area contributed by atoms with Gasteiger partial charge in [-0.05, 0) is 19.1 Å². The lowest BCUT2D eigenvalue weighted by molar-refractivity contribution is -0.131. The fourth-order valence-electron chi connectivity index (χ4n) is 1.49. The Morgan fingerprint density at radius 1 is 1.40 bits per heavy atom. The highest BCUT2D eigenvalue weighted by Crippen LogP contribution is 2.25. The summed E-state index contributed by atoms with van der Waals surface area (Å²) in [5.41, 5.74) is 0.905. The lowest BCUT2D eigenvalue weighted by Crippen LogP contribution is -2.01. The van der Waals surface area contributed by atoms with Crippen LogP contribution in [0.1, 0.15) is 12.6 Å². The standard InChI is InChI=1S/C12H11NO2/c1-8-6-11-10(7-13-8)4-3-5-12(11)15-9(2)14/h3-7H,1-2H3. The Hall–Kier alpha value is -1.90. The first-order valence-corrected chi connectivity index (χ1v) is 4.70. The van der Waals surface area contributed by atoms with Gasteiger partial charge < -0.3 is 4.74 Å². The number of nitrogens with zero attached hydrogens (tertiary/aromatic N) is 1. The molecule has 0 saturated heterocycles. The van der Waals surface area contributed by atoms with E-state index in [0.717, 1.165) is 16.5 Å². The van der Waals surface area contributed by atoms with Gasteiger partial charge in [0.2, 0.25) is 0 Å². The van der Waals surface area contributed by atoms with Gasteiger partial charge in [0.25, 0.3) is 0 Å². The lowest BCUT2D eigenvalue weighted by atomic mass is 10.1. The Kier molecular flexibility index (Phi) is 2.37. The second-order valence-corrected chi connectivity index (χ2v) is 3.40. The maximum atomic E-state index is 10.9. The molecule has 1 heterocycles. The van der Waals surface area contributed by atoms with Crippen LogP contribution in [0.4, 0.5) is 0 Å². The molecule has 2 rings (SSSR count). The van der Waals surface area contributed by atoms with Gasteiger partial charge >= 0.3 is 5.97 Å². The zero-order chi connectivity index (χ0) is 10.8. The molecule has 0 aliphatic carbocycles. The van der Waals surface area contributed by atoms with E-state index in [1.807, 2.05) is 25.1 Å². The number of carbonyl (C=O) groups is 1. The van der Waals surface area contributed by atoms with Crippen molar-refractivity contribution < 1.29 is 9.53 Å². The van der Waals surface area contributed by atoms with E-state index in [9.17, 15) is 4.79 Å². The van der Waals surface area contributed by atoms with Crippen LogP contribution in [0.25, 0.3) is 10.8 Å². The molecule has 0 radical (unpaired) electrons. The molecule has 0 aliphatic rings. The molecular formula is C12H11NO2. The van der Waals surface area contributed by atoms with Crippen LogP contribution in [-0.4, -0.2) is 11.0 Å². The molecule has 0 atom stereocenters. The van der Waals surface area contributed by atoms with Crippen molar-refractivity contribution in [3.8, 4) is 5.75 Å². The monoisotopic (exact) mass is 201 g/mol. The van der Waals surface area contributed by atoms with E-state index in [-0.39, 0.29) is 5.97 Å². The van der Waals surface area contributed by atoms with Crippen LogP contribution in [0.3, 0.4) is 0 Å². The number of aryl methyl sites for hydroxylation is 1. The minimum Gasteiger partial charge on any atom is -0.426 e. The van der Waals surface area contributed by atoms with Crippen molar-refractivity contribution in [3.63, 3.8) is 0 Å². The Balaban J connectivity index is 2.63. The van der Waals surface area contributed by atoms with Gasteiger partial charge in [-0.1, -0.05) is 12.1 Å². The first-order valence-electron chi connectivity index (χ1n) is 4.70. The van der Waals surface area contributed by atoms with E-state index in [1.165, 1.54) is 6.92 Å². The average Bonchev–Trinajstić information content (AvgIpc) is 2.18. The minimum atomic E-state index is -0.308.